The normalized spacial score (nSPS) is 24.1. The predicted octanol–water partition coefficient (Wildman–Crippen LogP) is 5.85. The van der Waals surface area contributed by atoms with Crippen LogP contribution in [0.2, 0.25) is 0 Å². The molecule has 40 heavy (non-hydrogen) atoms. The van der Waals surface area contributed by atoms with Gasteiger partial charge in [-0.15, -0.1) is 10.2 Å². The summed E-state index contributed by atoms with van der Waals surface area (Å²) < 4.78 is 13.5. The molecule has 8 heteroatoms. The second kappa shape index (κ2) is 11.8. The molecule has 0 aliphatic heterocycles. The van der Waals surface area contributed by atoms with Crippen LogP contribution in [0.4, 0.5) is 10.2 Å². The Hall–Kier alpha value is -3.65. The van der Waals surface area contributed by atoms with Gasteiger partial charge in [0.15, 0.2) is 5.82 Å². The van der Waals surface area contributed by atoms with Crippen LogP contribution in [0.25, 0.3) is 22.4 Å². The number of aromatic nitrogens is 2. The maximum atomic E-state index is 13.5. The molecule has 2 aliphatic rings. The van der Waals surface area contributed by atoms with Gasteiger partial charge in [-0.2, -0.15) is 0 Å². The summed E-state index contributed by atoms with van der Waals surface area (Å²) in [7, 11) is 1.88. The number of amides is 2. The largest absolute Gasteiger partial charge is 0.343 e. The lowest BCUT2D eigenvalue weighted by atomic mass is 9.71. The van der Waals surface area contributed by atoms with Gasteiger partial charge in [0, 0.05) is 55.4 Å². The van der Waals surface area contributed by atoms with Crippen LogP contribution in [0.15, 0.2) is 60.7 Å². The van der Waals surface area contributed by atoms with Crippen LogP contribution in [0.1, 0.15) is 63.9 Å². The van der Waals surface area contributed by atoms with Gasteiger partial charge in [-0.1, -0.05) is 61.5 Å². The van der Waals surface area contributed by atoms with Crippen LogP contribution in [0, 0.1) is 5.92 Å². The lowest BCUT2D eigenvalue weighted by Gasteiger charge is -2.41. The summed E-state index contributed by atoms with van der Waals surface area (Å²) in [5.41, 5.74) is 10.1. The maximum absolute atomic E-state index is 13.5. The first-order valence-corrected chi connectivity index (χ1v) is 14.3. The van der Waals surface area contributed by atoms with Gasteiger partial charge in [0.1, 0.15) is 11.9 Å². The molecule has 0 atom stereocenters. The minimum atomic E-state index is -0.837. The fourth-order valence-corrected chi connectivity index (χ4v) is 6.08. The fourth-order valence-electron chi connectivity index (χ4n) is 6.08. The van der Waals surface area contributed by atoms with E-state index in [2.05, 4.69) is 15.5 Å². The van der Waals surface area contributed by atoms with Crippen molar-refractivity contribution in [2.24, 2.45) is 11.7 Å². The van der Waals surface area contributed by atoms with E-state index in [1.165, 1.54) is 0 Å². The number of nitrogens with zero attached hydrogens (tertiary/aromatic N) is 3. The molecule has 0 saturated heterocycles. The van der Waals surface area contributed by atoms with E-state index in [9.17, 15) is 14.0 Å². The Balaban J connectivity index is 1.28. The van der Waals surface area contributed by atoms with E-state index in [0.717, 1.165) is 47.9 Å². The van der Waals surface area contributed by atoms with Crippen molar-refractivity contribution in [2.75, 3.05) is 12.4 Å². The maximum Gasteiger partial charge on any atom is 0.225 e. The second-order valence-electron chi connectivity index (χ2n) is 11.4. The van der Waals surface area contributed by atoms with Crippen LogP contribution < -0.4 is 11.1 Å². The predicted molar refractivity (Wildman–Crippen MR) is 155 cm³/mol. The quantitative estimate of drug-likeness (QED) is 0.371. The Morgan fingerprint density at radius 2 is 1.68 bits per heavy atom. The number of alkyl halides is 1. The fraction of sp³-hybridized carbons (Fsp3) is 0.438. The minimum absolute atomic E-state index is 0.0771. The van der Waals surface area contributed by atoms with Gasteiger partial charge in [-0.25, -0.2) is 4.39 Å². The molecular formula is C32H38FN5O2. The van der Waals surface area contributed by atoms with Gasteiger partial charge in [0.2, 0.25) is 11.8 Å². The van der Waals surface area contributed by atoms with Crippen molar-refractivity contribution in [1.29, 1.82) is 0 Å². The third-order valence-corrected chi connectivity index (χ3v) is 8.58. The average Bonchev–Trinajstić information content (AvgIpc) is 2.96. The Morgan fingerprint density at radius 3 is 2.30 bits per heavy atom. The summed E-state index contributed by atoms with van der Waals surface area (Å²) in [6.07, 6.45) is 4.47. The van der Waals surface area contributed by atoms with E-state index >= 15 is 0 Å². The highest BCUT2D eigenvalue weighted by Gasteiger charge is 2.42. The summed E-state index contributed by atoms with van der Waals surface area (Å²) in [5.74, 6) is 0.794. The highest BCUT2D eigenvalue weighted by Crippen LogP contribution is 2.41. The van der Waals surface area contributed by atoms with Crippen LogP contribution in [0.3, 0.4) is 0 Å². The molecular weight excluding hydrogens is 505 g/mol. The molecule has 1 aromatic heterocycles. The molecule has 3 N–H and O–H groups in total. The van der Waals surface area contributed by atoms with E-state index in [-0.39, 0.29) is 23.8 Å². The van der Waals surface area contributed by atoms with E-state index in [4.69, 9.17) is 5.73 Å². The molecule has 2 fully saturated rings. The van der Waals surface area contributed by atoms with Crippen molar-refractivity contribution in [3.05, 3.63) is 66.2 Å². The first kappa shape index (κ1) is 27.9. The molecule has 2 aromatic carbocycles. The Morgan fingerprint density at radius 1 is 1.00 bits per heavy atom. The Labute approximate surface area is 235 Å². The van der Waals surface area contributed by atoms with Crippen molar-refractivity contribution in [3.63, 3.8) is 0 Å². The molecule has 2 aliphatic carbocycles. The topological polar surface area (TPSA) is 101 Å². The Kier molecular flexibility index (Phi) is 8.26. The summed E-state index contributed by atoms with van der Waals surface area (Å²) in [6, 6.07) is 19.8. The third kappa shape index (κ3) is 6.07. The van der Waals surface area contributed by atoms with Crippen molar-refractivity contribution in [3.8, 4) is 22.4 Å². The summed E-state index contributed by atoms with van der Waals surface area (Å²) >= 11 is 0. The molecule has 0 radical (unpaired) electrons. The molecule has 0 spiro atoms. The molecule has 2 saturated carbocycles. The number of carbonyl (C=O) groups excluding carboxylic acids is 2. The first-order valence-electron chi connectivity index (χ1n) is 14.3. The van der Waals surface area contributed by atoms with Crippen LogP contribution in [-0.2, 0) is 15.1 Å². The minimum Gasteiger partial charge on any atom is -0.343 e. The summed E-state index contributed by atoms with van der Waals surface area (Å²) in [4.78, 5) is 26.9. The van der Waals surface area contributed by atoms with Crippen LogP contribution in [0.5, 0.6) is 0 Å². The molecule has 0 unspecified atom stereocenters. The lowest BCUT2D eigenvalue weighted by molar-refractivity contribution is -0.132. The van der Waals surface area contributed by atoms with Crippen molar-refractivity contribution < 1.29 is 14.0 Å². The standard InChI is InChI=1S/C32H38FN5O2/c1-3-30(40)38(2)26-15-9-21(10-16-26)17-29(39)35-28-18-27(22-7-5-4-6-8-22)31(37-36-28)23-11-13-24(14-12-23)32(34)19-25(33)20-32/h4-8,11-14,18,21,25-26H,3,9-10,15-17,19-20,34H2,1-2H3,(H,35,36,39). The average molecular weight is 544 g/mol. The molecule has 7 nitrogen and oxygen atoms in total. The van der Waals surface area contributed by atoms with E-state index in [1.807, 2.05) is 79.5 Å². The van der Waals surface area contributed by atoms with Gasteiger partial charge in [-0.05, 0) is 48.8 Å². The van der Waals surface area contributed by atoms with Crippen molar-refractivity contribution in [1.82, 2.24) is 15.1 Å². The van der Waals surface area contributed by atoms with Gasteiger partial charge in [0.25, 0.3) is 0 Å². The molecule has 210 valence electrons. The van der Waals surface area contributed by atoms with E-state index in [0.29, 0.717) is 37.2 Å². The van der Waals surface area contributed by atoms with Gasteiger partial charge in [-0.3, -0.25) is 9.59 Å². The number of benzene rings is 2. The highest BCUT2D eigenvalue weighted by molar-refractivity contribution is 5.91. The smallest absolute Gasteiger partial charge is 0.225 e. The molecule has 2 amide bonds. The Bertz CT molecular complexity index is 1330. The second-order valence-corrected chi connectivity index (χ2v) is 11.4. The van der Waals surface area contributed by atoms with Gasteiger partial charge in [0.05, 0.1) is 0 Å². The molecule has 1 heterocycles. The number of nitrogens with two attached hydrogens (primary N) is 1. The molecule has 5 rings (SSSR count). The van der Waals surface area contributed by atoms with Crippen LogP contribution >= 0.6 is 0 Å². The lowest BCUT2D eigenvalue weighted by Crippen LogP contribution is -2.50. The number of hydrogen-bond donors (Lipinski definition) is 2. The van der Waals surface area contributed by atoms with Crippen molar-refractivity contribution in [2.45, 2.75) is 76.0 Å². The van der Waals surface area contributed by atoms with E-state index in [1.54, 1.807) is 0 Å². The highest BCUT2D eigenvalue weighted by atomic mass is 19.1. The van der Waals surface area contributed by atoms with E-state index < -0.39 is 11.7 Å². The summed E-state index contributed by atoms with van der Waals surface area (Å²) in [6.45, 7) is 1.89. The van der Waals surface area contributed by atoms with Gasteiger partial charge < -0.3 is 16.0 Å². The third-order valence-electron chi connectivity index (χ3n) is 8.58. The number of hydrogen-bond acceptors (Lipinski definition) is 5. The monoisotopic (exact) mass is 543 g/mol. The number of carbonyl (C=O) groups is 2. The number of nitrogens with one attached hydrogen (secondary N) is 1. The zero-order valence-corrected chi connectivity index (χ0v) is 23.3. The zero-order valence-electron chi connectivity index (χ0n) is 23.3. The number of halogens is 1. The number of rotatable bonds is 8. The van der Waals surface area contributed by atoms with Crippen molar-refractivity contribution >= 4 is 17.6 Å². The summed E-state index contributed by atoms with van der Waals surface area (Å²) in [5, 5.41) is 11.8. The molecule has 0 bridgehead atoms. The van der Waals surface area contributed by atoms with Crippen LogP contribution in [-0.4, -0.2) is 46.2 Å². The zero-order chi connectivity index (χ0) is 28.3. The number of anilines is 1. The van der Waals surface area contributed by atoms with Gasteiger partial charge >= 0.3 is 0 Å². The SMILES string of the molecule is CCC(=O)N(C)C1CCC(CC(=O)Nc2cc(-c3ccccc3)c(-c3ccc(C4(N)CC(F)C4)cc3)nn2)CC1. The first-order chi connectivity index (χ1) is 19.3. The molecule has 3 aromatic rings.